The molecule has 16 heavy (non-hydrogen) atoms. The van der Waals surface area contributed by atoms with Crippen LogP contribution in [0.2, 0.25) is 0 Å². The summed E-state index contributed by atoms with van der Waals surface area (Å²) in [5, 5.41) is 5.65. The van der Waals surface area contributed by atoms with E-state index in [4.69, 9.17) is 0 Å². The zero-order valence-corrected chi connectivity index (χ0v) is 9.31. The average molecular weight is 213 g/mol. The van der Waals surface area contributed by atoms with Gasteiger partial charge in [-0.2, -0.15) is 0 Å². The van der Waals surface area contributed by atoms with Crippen LogP contribution in [-0.2, 0) is 4.79 Å². The van der Waals surface area contributed by atoms with Gasteiger partial charge in [-0.1, -0.05) is 42.5 Å². The van der Waals surface area contributed by atoms with Gasteiger partial charge in [-0.05, 0) is 23.3 Å². The van der Waals surface area contributed by atoms with Crippen LogP contribution in [-0.4, -0.2) is 12.8 Å². The van der Waals surface area contributed by atoms with Gasteiger partial charge in [-0.25, -0.2) is 0 Å². The van der Waals surface area contributed by atoms with Gasteiger partial charge in [0.2, 0.25) is 0 Å². The van der Waals surface area contributed by atoms with Crippen LogP contribution in [0.1, 0.15) is 18.5 Å². The first kappa shape index (κ1) is 10.8. The molecule has 0 aliphatic rings. The third-order valence-corrected chi connectivity index (χ3v) is 2.80. The highest BCUT2D eigenvalue weighted by Gasteiger charge is 2.07. The fraction of sp³-hybridized carbons (Fsp3) is 0.214. The summed E-state index contributed by atoms with van der Waals surface area (Å²) in [7, 11) is 0. The topological polar surface area (TPSA) is 29.1 Å². The lowest BCUT2D eigenvalue weighted by Crippen LogP contribution is -2.20. The number of benzene rings is 2. The quantitative estimate of drug-likeness (QED) is 0.791. The van der Waals surface area contributed by atoms with Gasteiger partial charge in [0, 0.05) is 6.04 Å². The maximum Gasteiger partial charge on any atom is 0.133 e. The molecule has 0 spiro atoms. The summed E-state index contributed by atoms with van der Waals surface area (Å²) in [5.74, 6) is 0. The minimum Gasteiger partial charge on any atom is -0.304 e. The van der Waals surface area contributed by atoms with Crippen molar-refractivity contribution in [1.82, 2.24) is 5.32 Å². The number of fused-ring (bicyclic) bond motifs is 1. The number of rotatable bonds is 4. The Labute approximate surface area is 95.3 Å². The standard InChI is InChI=1S/C14H15NO/c1-11(15-9-10-16)13-8-4-6-12-5-2-3-7-14(12)13/h2-8,10-11,15H,9H2,1H3/t11-/m1/s1. The average Bonchev–Trinajstić information content (AvgIpc) is 2.35. The molecule has 0 bridgehead atoms. The highest BCUT2D eigenvalue weighted by atomic mass is 16.1. The van der Waals surface area contributed by atoms with E-state index in [0.717, 1.165) is 6.29 Å². The van der Waals surface area contributed by atoms with E-state index in [9.17, 15) is 4.79 Å². The molecule has 0 amide bonds. The summed E-state index contributed by atoms with van der Waals surface area (Å²) in [6, 6.07) is 14.7. The zero-order valence-electron chi connectivity index (χ0n) is 9.31. The molecule has 0 heterocycles. The molecular formula is C14H15NO. The smallest absolute Gasteiger partial charge is 0.133 e. The van der Waals surface area contributed by atoms with Crippen molar-refractivity contribution in [2.24, 2.45) is 0 Å². The Kier molecular flexibility index (Phi) is 3.32. The Hall–Kier alpha value is -1.67. The Bertz CT molecular complexity index is 488. The Morgan fingerprint density at radius 1 is 1.19 bits per heavy atom. The molecule has 1 atom stereocenters. The van der Waals surface area contributed by atoms with Gasteiger partial charge in [-0.15, -0.1) is 0 Å². The molecule has 2 rings (SSSR count). The molecule has 1 N–H and O–H groups in total. The predicted octanol–water partition coefficient (Wildman–Crippen LogP) is 2.69. The fourth-order valence-electron chi connectivity index (χ4n) is 1.96. The van der Waals surface area contributed by atoms with E-state index >= 15 is 0 Å². The minimum absolute atomic E-state index is 0.191. The van der Waals surface area contributed by atoms with Crippen molar-refractivity contribution in [2.45, 2.75) is 13.0 Å². The van der Waals surface area contributed by atoms with E-state index in [1.807, 2.05) is 12.1 Å². The SMILES string of the molecule is C[C@@H](NCC=O)c1cccc2ccccc12. The first-order valence-electron chi connectivity index (χ1n) is 5.47. The van der Waals surface area contributed by atoms with Gasteiger partial charge >= 0.3 is 0 Å². The van der Waals surface area contributed by atoms with E-state index in [0.29, 0.717) is 6.54 Å². The van der Waals surface area contributed by atoms with Crippen LogP contribution >= 0.6 is 0 Å². The number of nitrogens with one attached hydrogen (secondary N) is 1. The van der Waals surface area contributed by atoms with Crippen molar-refractivity contribution in [1.29, 1.82) is 0 Å². The largest absolute Gasteiger partial charge is 0.304 e. The lowest BCUT2D eigenvalue weighted by atomic mass is 10.00. The summed E-state index contributed by atoms with van der Waals surface area (Å²) in [5.41, 5.74) is 1.24. The predicted molar refractivity (Wildman–Crippen MR) is 66.4 cm³/mol. The Balaban J connectivity index is 2.39. The minimum atomic E-state index is 0.191. The molecule has 2 aromatic rings. The molecule has 0 unspecified atom stereocenters. The summed E-state index contributed by atoms with van der Waals surface area (Å²) < 4.78 is 0. The lowest BCUT2D eigenvalue weighted by molar-refractivity contribution is -0.107. The van der Waals surface area contributed by atoms with Crippen LogP contribution < -0.4 is 5.32 Å². The second-order valence-corrected chi connectivity index (χ2v) is 3.86. The van der Waals surface area contributed by atoms with E-state index in [-0.39, 0.29) is 6.04 Å². The van der Waals surface area contributed by atoms with Crippen molar-refractivity contribution < 1.29 is 4.79 Å². The first-order chi connectivity index (χ1) is 7.83. The van der Waals surface area contributed by atoms with Crippen LogP contribution in [0.3, 0.4) is 0 Å². The molecule has 0 fully saturated rings. The van der Waals surface area contributed by atoms with Gasteiger partial charge in [0.25, 0.3) is 0 Å². The molecule has 0 saturated carbocycles. The van der Waals surface area contributed by atoms with Crippen molar-refractivity contribution >= 4 is 17.1 Å². The molecule has 2 aromatic carbocycles. The van der Waals surface area contributed by atoms with Crippen LogP contribution in [0.25, 0.3) is 10.8 Å². The Morgan fingerprint density at radius 3 is 2.75 bits per heavy atom. The van der Waals surface area contributed by atoms with Gasteiger partial charge in [0.15, 0.2) is 0 Å². The maximum absolute atomic E-state index is 10.3. The van der Waals surface area contributed by atoms with Crippen LogP contribution in [0.15, 0.2) is 42.5 Å². The van der Waals surface area contributed by atoms with Gasteiger partial charge in [0.1, 0.15) is 6.29 Å². The van der Waals surface area contributed by atoms with Crippen molar-refractivity contribution in [2.75, 3.05) is 6.54 Å². The normalized spacial score (nSPS) is 12.6. The van der Waals surface area contributed by atoms with E-state index in [1.165, 1.54) is 16.3 Å². The van der Waals surface area contributed by atoms with E-state index in [2.05, 4.69) is 42.6 Å². The van der Waals surface area contributed by atoms with E-state index in [1.54, 1.807) is 0 Å². The summed E-state index contributed by atoms with van der Waals surface area (Å²) in [6.07, 6.45) is 0.891. The van der Waals surface area contributed by atoms with Crippen LogP contribution in [0.5, 0.6) is 0 Å². The second-order valence-electron chi connectivity index (χ2n) is 3.86. The molecule has 2 heteroatoms. The number of hydrogen-bond donors (Lipinski definition) is 1. The highest BCUT2D eigenvalue weighted by molar-refractivity contribution is 5.86. The maximum atomic E-state index is 10.3. The van der Waals surface area contributed by atoms with Gasteiger partial charge in [0.05, 0.1) is 6.54 Å². The lowest BCUT2D eigenvalue weighted by Gasteiger charge is -2.14. The molecule has 82 valence electrons. The fourth-order valence-corrected chi connectivity index (χ4v) is 1.96. The molecule has 0 saturated heterocycles. The second kappa shape index (κ2) is 4.90. The first-order valence-corrected chi connectivity index (χ1v) is 5.47. The molecule has 0 aliphatic heterocycles. The molecular weight excluding hydrogens is 198 g/mol. The molecule has 2 nitrogen and oxygen atoms in total. The molecule has 0 aromatic heterocycles. The zero-order chi connectivity index (χ0) is 11.4. The van der Waals surface area contributed by atoms with E-state index < -0.39 is 0 Å². The number of carbonyl (C=O) groups excluding carboxylic acids is 1. The molecule has 0 aliphatic carbocycles. The van der Waals surface area contributed by atoms with Crippen molar-refractivity contribution in [3.05, 3.63) is 48.0 Å². The summed E-state index contributed by atoms with van der Waals surface area (Å²) in [6.45, 7) is 2.47. The number of aldehydes is 1. The van der Waals surface area contributed by atoms with Crippen LogP contribution in [0.4, 0.5) is 0 Å². The third-order valence-electron chi connectivity index (χ3n) is 2.80. The summed E-state index contributed by atoms with van der Waals surface area (Å²) in [4.78, 5) is 10.3. The van der Waals surface area contributed by atoms with Crippen molar-refractivity contribution in [3.8, 4) is 0 Å². The number of carbonyl (C=O) groups is 1. The van der Waals surface area contributed by atoms with Gasteiger partial charge in [-0.3, -0.25) is 0 Å². The Morgan fingerprint density at radius 2 is 1.94 bits per heavy atom. The van der Waals surface area contributed by atoms with Gasteiger partial charge < -0.3 is 10.1 Å². The van der Waals surface area contributed by atoms with Crippen molar-refractivity contribution in [3.63, 3.8) is 0 Å². The summed E-state index contributed by atoms with van der Waals surface area (Å²) >= 11 is 0. The number of hydrogen-bond acceptors (Lipinski definition) is 2. The molecule has 0 radical (unpaired) electrons. The highest BCUT2D eigenvalue weighted by Crippen LogP contribution is 2.23. The van der Waals surface area contributed by atoms with Crippen LogP contribution in [0, 0.1) is 0 Å². The third kappa shape index (κ3) is 2.12. The monoisotopic (exact) mass is 213 g/mol.